The summed E-state index contributed by atoms with van der Waals surface area (Å²) in [5.74, 6) is -6.86. The van der Waals surface area contributed by atoms with Crippen molar-refractivity contribution in [3.05, 3.63) is 0 Å². The lowest BCUT2D eigenvalue weighted by atomic mass is 9.94. The summed E-state index contributed by atoms with van der Waals surface area (Å²) in [6.45, 7) is 7.13. The minimum atomic E-state index is -1.47. The molecule has 2 saturated heterocycles. The van der Waals surface area contributed by atoms with Crippen LogP contribution in [0.3, 0.4) is 0 Å². The van der Waals surface area contributed by atoms with Crippen LogP contribution < -0.4 is 44.2 Å². The maximum atomic E-state index is 14.3. The highest BCUT2D eigenvalue weighted by molar-refractivity contribution is 5.97. The van der Waals surface area contributed by atoms with Crippen molar-refractivity contribution in [2.45, 2.75) is 134 Å². The number of nitrogens with two attached hydrogens (primary N) is 4. The highest BCUT2D eigenvalue weighted by atomic mass is 16.4. The number of aliphatic carboxylic acids is 1. The van der Waals surface area contributed by atoms with Crippen LogP contribution in [0.2, 0.25) is 0 Å². The SMILES string of the molecule is CC[C@H](C)[C@H](NC(=O)[C@@H](N)CO)C(=O)N[C@H](C(=O)N1CCC[C@H]1C(=O)N1CCC[C@H]1C(=O)N[C@@H](CCCN=C(N)N)C(=O)N[C@@H](CCC(N)=O)C(=O)O)[C@@H](C)CC. The fourth-order valence-electron chi connectivity index (χ4n) is 6.79. The van der Waals surface area contributed by atoms with Gasteiger partial charge in [0.15, 0.2) is 5.96 Å². The number of rotatable bonds is 23. The second-order valence-electron chi connectivity index (χ2n) is 14.8. The molecule has 21 nitrogen and oxygen atoms in total. The fraction of sp³-hybridized carbons (Fsp3) is 0.750. The second kappa shape index (κ2) is 23.2. The zero-order valence-electron chi connectivity index (χ0n) is 33.4. The maximum absolute atomic E-state index is 14.3. The van der Waals surface area contributed by atoms with Crippen LogP contribution >= 0.6 is 0 Å². The Bertz CT molecular complexity index is 1480. The number of guanidine groups is 1. The van der Waals surface area contributed by atoms with Crippen molar-refractivity contribution in [1.29, 1.82) is 0 Å². The molecule has 0 aromatic heterocycles. The van der Waals surface area contributed by atoms with Crippen molar-refractivity contribution in [2.75, 3.05) is 26.2 Å². The summed E-state index contributed by atoms with van der Waals surface area (Å²) in [5, 5.41) is 29.4. The van der Waals surface area contributed by atoms with Crippen molar-refractivity contribution in [3.8, 4) is 0 Å². The van der Waals surface area contributed by atoms with E-state index in [1.54, 1.807) is 13.8 Å². The summed E-state index contributed by atoms with van der Waals surface area (Å²) in [6, 6.07) is -8.03. The first-order chi connectivity index (χ1) is 26.9. The van der Waals surface area contributed by atoms with E-state index in [4.69, 9.17) is 22.9 Å². The first kappa shape index (κ1) is 48.1. The average molecular weight is 810 g/mol. The van der Waals surface area contributed by atoms with E-state index in [0.29, 0.717) is 32.1 Å². The first-order valence-electron chi connectivity index (χ1n) is 19.6. The van der Waals surface area contributed by atoms with E-state index in [2.05, 4.69) is 26.3 Å². The van der Waals surface area contributed by atoms with E-state index in [0.717, 1.165) is 0 Å². The van der Waals surface area contributed by atoms with Crippen LogP contribution in [0.5, 0.6) is 0 Å². The Morgan fingerprint density at radius 1 is 0.754 bits per heavy atom. The summed E-state index contributed by atoms with van der Waals surface area (Å²) in [5.41, 5.74) is 21.6. The van der Waals surface area contributed by atoms with Crippen molar-refractivity contribution < 1.29 is 48.6 Å². The fourth-order valence-corrected chi connectivity index (χ4v) is 6.79. The van der Waals surface area contributed by atoms with Gasteiger partial charge in [0, 0.05) is 26.1 Å². The minimum Gasteiger partial charge on any atom is -0.480 e. The average Bonchev–Trinajstić information content (AvgIpc) is 3.88. The van der Waals surface area contributed by atoms with Gasteiger partial charge in [-0.05, 0) is 56.8 Å². The number of hydrogen-bond acceptors (Lipinski definition) is 11. The predicted molar refractivity (Wildman–Crippen MR) is 207 cm³/mol. The Morgan fingerprint density at radius 2 is 1.33 bits per heavy atom. The molecule has 2 aliphatic heterocycles. The molecule has 0 aromatic carbocycles. The number of carbonyl (C=O) groups is 8. The molecule has 0 radical (unpaired) electrons. The van der Waals surface area contributed by atoms with Crippen molar-refractivity contribution in [1.82, 2.24) is 31.1 Å². The van der Waals surface area contributed by atoms with Crippen molar-refractivity contribution in [2.24, 2.45) is 39.8 Å². The van der Waals surface area contributed by atoms with Gasteiger partial charge in [0.2, 0.25) is 41.4 Å². The quantitative estimate of drug-likeness (QED) is 0.0275. The van der Waals surface area contributed by atoms with Crippen LogP contribution in [0.1, 0.15) is 91.9 Å². The van der Waals surface area contributed by atoms with E-state index >= 15 is 0 Å². The summed E-state index contributed by atoms with van der Waals surface area (Å²) in [6.07, 6.45) is 2.13. The number of aliphatic imine (C=N–C) groups is 1. The highest BCUT2D eigenvalue weighted by Crippen LogP contribution is 2.27. The number of nitrogens with one attached hydrogen (secondary N) is 4. The van der Waals surface area contributed by atoms with Gasteiger partial charge in [0.25, 0.3) is 0 Å². The molecule has 7 amide bonds. The lowest BCUT2D eigenvalue weighted by molar-refractivity contribution is -0.149. The van der Waals surface area contributed by atoms with E-state index < -0.39 is 96.2 Å². The lowest BCUT2D eigenvalue weighted by Gasteiger charge is -2.35. The van der Waals surface area contributed by atoms with Gasteiger partial charge in [-0.25, -0.2) is 4.79 Å². The summed E-state index contributed by atoms with van der Waals surface area (Å²) < 4.78 is 0. The molecule has 2 aliphatic rings. The third-order valence-electron chi connectivity index (χ3n) is 10.6. The van der Waals surface area contributed by atoms with E-state index in [1.165, 1.54) is 9.80 Å². The molecule has 0 unspecified atom stereocenters. The third-order valence-corrected chi connectivity index (χ3v) is 10.6. The van der Waals surface area contributed by atoms with Gasteiger partial charge >= 0.3 is 5.97 Å². The van der Waals surface area contributed by atoms with Gasteiger partial charge < -0.3 is 64.2 Å². The molecule has 14 N–H and O–H groups in total. The van der Waals surface area contributed by atoms with E-state index in [-0.39, 0.29) is 69.5 Å². The molecule has 9 atom stereocenters. The molecule has 2 heterocycles. The van der Waals surface area contributed by atoms with Crippen LogP contribution in [0, 0.1) is 11.8 Å². The number of carboxylic acid groups (broad SMARTS) is 1. The number of nitrogens with zero attached hydrogens (tertiary/aromatic N) is 3. The monoisotopic (exact) mass is 809 g/mol. The van der Waals surface area contributed by atoms with Crippen molar-refractivity contribution in [3.63, 3.8) is 0 Å². The summed E-state index contributed by atoms with van der Waals surface area (Å²) >= 11 is 0. The number of hydrogen-bond donors (Lipinski definition) is 10. The minimum absolute atomic E-state index is 0.000610. The number of carbonyl (C=O) groups excluding carboxylic acids is 7. The van der Waals surface area contributed by atoms with Crippen LogP contribution in [-0.2, 0) is 38.4 Å². The largest absolute Gasteiger partial charge is 0.480 e. The molecule has 57 heavy (non-hydrogen) atoms. The van der Waals surface area contributed by atoms with E-state index in [1.807, 2.05) is 13.8 Å². The number of amides is 7. The molecule has 322 valence electrons. The Morgan fingerprint density at radius 3 is 1.89 bits per heavy atom. The summed E-state index contributed by atoms with van der Waals surface area (Å²) in [4.78, 5) is 112. The van der Waals surface area contributed by atoms with Gasteiger partial charge in [-0.1, -0.05) is 40.5 Å². The van der Waals surface area contributed by atoms with E-state index in [9.17, 15) is 48.6 Å². The standard InChI is InChI=1S/C36H63N11O10/c1-5-19(3)27(44-29(50)21(37)18-48)32(53)45-28(20(4)6-2)34(55)47-17-9-12-25(47)33(54)46-16-8-11-24(46)31(52)42-22(10-7-15-41-36(39)40)30(51)43-23(35(56)57)13-14-26(38)49/h19-25,27-28,48H,5-18,37H2,1-4H3,(H2,38,49)(H,42,52)(H,43,51)(H,44,50)(H,45,53)(H,56,57)(H4,39,40,41)/t19-,20-,21-,22-,23-,24-,25-,27-,28-/m0/s1. The zero-order chi connectivity index (χ0) is 43.0. The number of aliphatic hydroxyl groups is 1. The van der Waals surface area contributed by atoms with Crippen LogP contribution in [0.15, 0.2) is 4.99 Å². The molecule has 0 aromatic rings. The van der Waals surface area contributed by atoms with Gasteiger partial charge in [-0.3, -0.25) is 38.6 Å². The molecule has 2 rings (SSSR count). The number of carboxylic acids is 1. The first-order valence-corrected chi connectivity index (χ1v) is 19.6. The van der Waals surface area contributed by atoms with Crippen LogP contribution in [0.4, 0.5) is 0 Å². The van der Waals surface area contributed by atoms with Crippen LogP contribution in [0.25, 0.3) is 0 Å². The highest BCUT2D eigenvalue weighted by Gasteiger charge is 2.45. The Kier molecular flexibility index (Phi) is 19.6. The smallest absolute Gasteiger partial charge is 0.326 e. The maximum Gasteiger partial charge on any atom is 0.326 e. The molecule has 0 bridgehead atoms. The number of primary amides is 1. The Hall–Kier alpha value is -5.05. The molecular formula is C36H63N11O10. The van der Waals surface area contributed by atoms with Gasteiger partial charge in [-0.15, -0.1) is 0 Å². The predicted octanol–water partition coefficient (Wildman–Crippen LogP) is -3.28. The number of aliphatic hydroxyl groups excluding tert-OH is 1. The van der Waals surface area contributed by atoms with Gasteiger partial charge in [-0.2, -0.15) is 0 Å². The summed E-state index contributed by atoms with van der Waals surface area (Å²) in [7, 11) is 0. The molecule has 21 heteroatoms. The number of likely N-dealkylation sites (tertiary alicyclic amines) is 2. The Labute approximate surface area is 332 Å². The second-order valence-corrected chi connectivity index (χ2v) is 14.8. The van der Waals surface area contributed by atoms with Crippen molar-refractivity contribution >= 4 is 53.3 Å². The molecular weight excluding hydrogens is 746 g/mol. The topological polar surface area (TPSA) is 348 Å². The Balaban J connectivity index is 2.29. The third kappa shape index (κ3) is 14.1. The zero-order valence-corrected chi connectivity index (χ0v) is 33.4. The molecule has 0 aliphatic carbocycles. The van der Waals surface area contributed by atoms with Gasteiger partial charge in [0.05, 0.1) is 6.61 Å². The lowest BCUT2D eigenvalue weighted by Crippen LogP contribution is -2.61. The molecule has 0 saturated carbocycles. The van der Waals surface area contributed by atoms with Crippen LogP contribution in [-0.4, -0.2) is 142 Å². The molecule has 2 fully saturated rings. The van der Waals surface area contributed by atoms with Gasteiger partial charge in [0.1, 0.15) is 42.3 Å². The molecule has 0 spiro atoms. The normalized spacial score (nSPS) is 20.2.